The molecule has 0 aromatic rings. The van der Waals surface area contributed by atoms with Crippen molar-refractivity contribution >= 4 is 5.78 Å². The van der Waals surface area contributed by atoms with E-state index in [9.17, 15) is 4.79 Å². The molecule has 0 aromatic heterocycles. The van der Waals surface area contributed by atoms with E-state index in [4.69, 9.17) is 0 Å². The summed E-state index contributed by atoms with van der Waals surface area (Å²) in [5.41, 5.74) is 0.205. The highest BCUT2D eigenvalue weighted by molar-refractivity contribution is 5.91. The van der Waals surface area contributed by atoms with Crippen molar-refractivity contribution in [2.24, 2.45) is 22.7 Å². The number of hydrogen-bond donors (Lipinski definition) is 0. The molecule has 3 fully saturated rings. The number of likely N-dealkylation sites (tertiary alicyclic amines) is 1. The van der Waals surface area contributed by atoms with Crippen LogP contribution in [0.3, 0.4) is 0 Å². The van der Waals surface area contributed by atoms with Crippen molar-refractivity contribution in [3.05, 3.63) is 0 Å². The molecule has 17 heavy (non-hydrogen) atoms. The Morgan fingerprint density at radius 1 is 1.24 bits per heavy atom. The van der Waals surface area contributed by atoms with E-state index in [0.717, 1.165) is 13.0 Å². The van der Waals surface area contributed by atoms with Gasteiger partial charge in [-0.15, -0.1) is 0 Å². The van der Waals surface area contributed by atoms with Gasteiger partial charge in [0.25, 0.3) is 0 Å². The maximum absolute atomic E-state index is 12.7. The van der Waals surface area contributed by atoms with Crippen molar-refractivity contribution in [3.63, 3.8) is 0 Å². The highest BCUT2D eigenvalue weighted by atomic mass is 16.1. The predicted molar refractivity (Wildman–Crippen MR) is 68.8 cm³/mol. The quantitative estimate of drug-likeness (QED) is 0.733. The fraction of sp³-hybridized carbons (Fsp3) is 0.933. The number of ketones is 1. The molecule has 96 valence electrons. The molecule has 0 amide bonds. The zero-order valence-corrected chi connectivity index (χ0v) is 11.5. The maximum atomic E-state index is 12.7. The van der Waals surface area contributed by atoms with Gasteiger partial charge < -0.3 is 4.90 Å². The summed E-state index contributed by atoms with van der Waals surface area (Å²) in [5, 5.41) is 0. The average Bonchev–Trinajstić information content (AvgIpc) is 2.87. The van der Waals surface area contributed by atoms with Crippen molar-refractivity contribution in [1.29, 1.82) is 0 Å². The first-order chi connectivity index (χ1) is 7.97. The Morgan fingerprint density at radius 3 is 2.41 bits per heavy atom. The fourth-order valence-electron chi connectivity index (χ4n) is 4.73. The van der Waals surface area contributed by atoms with Crippen molar-refractivity contribution in [1.82, 2.24) is 4.90 Å². The monoisotopic (exact) mass is 235 g/mol. The lowest BCUT2D eigenvalue weighted by Crippen LogP contribution is -2.37. The van der Waals surface area contributed by atoms with Crippen LogP contribution in [0, 0.1) is 22.7 Å². The largest absolute Gasteiger partial charge is 0.303 e. The second kappa shape index (κ2) is 3.57. The Morgan fingerprint density at radius 2 is 1.88 bits per heavy atom. The first-order valence-corrected chi connectivity index (χ1v) is 7.23. The molecule has 2 nitrogen and oxygen atoms in total. The summed E-state index contributed by atoms with van der Waals surface area (Å²) in [7, 11) is 0. The number of fused-ring (bicyclic) bond motifs is 2. The van der Waals surface area contributed by atoms with Crippen molar-refractivity contribution in [2.75, 3.05) is 19.6 Å². The Balaban J connectivity index is 1.81. The number of rotatable bonds is 2. The van der Waals surface area contributed by atoms with E-state index >= 15 is 0 Å². The second-order valence-electron chi connectivity index (χ2n) is 7.18. The Labute approximate surface area is 105 Å². The van der Waals surface area contributed by atoms with Crippen LogP contribution in [0.25, 0.3) is 0 Å². The summed E-state index contributed by atoms with van der Waals surface area (Å²) in [4.78, 5) is 15.2. The van der Waals surface area contributed by atoms with E-state index in [-0.39, 0.29) is 10.8 Å². The summed E-state index contributed by atoms with van der Waals surface area (Å²) in [6.07, 6.45) is 5.05. The normalized spacial score (nSPS) is 44.8. The van der Waals surface area contributed by atoms with E-state index in [2.05, 4.69) is 25.7 Å². The first kappa shape index (κ1) is 11.7. The minimum absolute atomic E-state index is 0.0257. The maximum Gasteiger partial charge on any atom is 0.143 e. The van der Waals surface area contributed by atoms with Crippen molar-refractivity contribution in [3.8, 4) is 0 Å². The summed E-state index contributed by atoms with van der Waals surface area (Å²) in [6.45, 7) is 10.3. The first-order valence-electron chi connectivity index (χ1n) is 7.23. The lowest BCUT2D eigenvalue weighted by atomic mass is 9.70. The van der Waals surface area contributed by atoms with Crippen LogP contribution in [-0.4, -0.2) is 30.3 Å². The molecule has 3 rings (SSSR count). The zero-order chi connectivity index (χ0) is 12.3. The van der Waals surface area contributed by atoms with Gasteiger partial charge >= 0.3 is 0 Å². The van der Waals surface area contributed by atoms with Crippen LogP contribution >= 0.6 is 0 Å². The Kier molecular flexibility index (Phi) is 2.46. The topological polar surface area (TPSA) is 20.3 Å². The fourth-order valence-corrected chi connectivity index (χ4v) is 4.73. The number of hydrogen-bond acceptors (Lipinski definition) is 2. The molecule has 2 aliphatic carbocycles. The third-order valence-electron chi connectivity index (χ3n) is 6.32. The smallest absolute Gasteiger partial charge is 0.143 e. The van der Waals surface area contributed by atoms with Gasteiger partial charge in [0.1, 0.15) is 5.78 Å². The Hall–Kier alpha value is -0.370. The molecule has 0 radical (unpaired) electrons. The minimum Gasteiger partial charge on any atom is -0.303 e. The molecule has 0 unspecified atom stereocenters. The van der Waals surface area contributed by atoms with Crippen LogP contribution in [0.2, 0.25) is 0 Å². The zero-order valence-electron chi connectivity index (χ0n) is 11.5. The van der Waals surface area contributed by atoms with Gasteiger partial charge in [0, 0.05) is 17.9 Å². The number of Topliss-reactive ketones (excluding diaryl/α,β-unsaturated/α-hetero) is 1. The van der Waals surface area contributed by atoms with Gasteiger partial charge in [0.05, 0.1) is 0 Å². The summed E-state index contributed by atoms with van der Waals surface area (Å²) >= 11 is 0. The third-order valence-corrected chi connectivity index (χ3v) is 6.32. The highest BCUT2D eigenvalue weighted by Gasteiger charge is 2.65. The molecule has 2 heteroatoms. The number of nitrogens with zero attached hydrogens (tertiary/aromatic N) is 1. The second-order valence-corrected chi connectivity index (χ2v) is 7.18. The van der Waals surface area contributed by atoms with Crippen LogP contribution < -0.4 is 0 Å². The van der Waals surface area contributed by atoms with Crippen LogP contribution in [0.1, 0.15) is 46.5 Å². The molecule has 2 saturated carbocycles. The lowest BCUT2D eigenvalue weighted by molar-refractivity contribution is -0.132. The van der Waals surface area contributed by atoms with Gasteiger partial charge in [-0.2, -0.15) is 0 Å². The SMILES string of the molecule is CC1(C)[C@@H]2CC[C@@]1(C)C(=O)[C@@H]2CN1CCCC1. The van der Waals surface area contributed by atoms with E-state index in [0.29, 0.717) is 17.6 Å². The van der Waals surface area contributed by atoms with E-state index in [1.165, 1.54) is 32.4 Å². The van der Waals surface area contributed by atoms with Crippen molar-refractivity contribution < 1.29 is 4.79 Å². The molecule has 0 aromatic carbocycles. The summed E-state index contributed by atoms with van der Waals surface area (Å²) in [6, 6.07) is 0. The summed E-state index contributed by atoms with van der Waals surface area (Å²) < 4.78 is 0. The number of carbonyl (C=O) groups is 1. The van der Waals surface area contributed by atoms with E-state index in [1.54, 1.807) is 0 Å². The Bertz CT molecular complexity index is 343. The molecule has 3 aliphatic rings. The molecule has 1 heterocycles. The molecular formula is C15H25NO. The van der Waals surface area contributed by atoms with Crippen LogP contribution in [0.15, 0.2) is 0 Å². The molecule has 1 aliphatic heterocycles. The van der Waals surface area contributed by atoms with E-state index < -0.39 is 0 Å². The standard InChI is InChI=1S/C15H25NO/c1-14(2)12-6-7-15(14,3)13(17)11(12)10-16-8-4-5-9-16/h11-12H,4-10H2,1-3H3/t11-,12-,15+/m1/s1. The molecular weight excluding hydrogens is 210 g/mol. The molecule has 3 atom stereocenters. The van der Waals surface area contributed by atoms with E-state index in [1.807, 2.05) is 0 Å². The lowest BCUT2D eigenvalue weighted by Gasteiger charge is -2.32. The van der Waals surface area contributed by atoms with Gasteiger partial charge in [-0.25, -0.2) is 0 Å². The van der Waals surface area contributed by atoms with Gasteiger partial charge in [0.2, 0.25) is 0 Å². The van der Waals surface area contributed by atoms with Gasteiger partial charge in [-0.1, -0.05) is 20.8 Å². The third kappa shape index (κ3) is 1.39. The molecule has 1 saturated heterocycles. The predicted octanol–water partition coefficient (Wildman–Crippen LogP) is 2.72. The number of carbonyl (C=O) groups excluding carboxylic acids is 1. The van der Waals surface area contributed by atoms with Crippen LogP contribution in [0.5, 0.6) is 0 Å². The molecule has 0 spiro atoms. The average molecular weight is 235 g/mol. The summed E-state index contributed by atoms with van der Waals surface area (Å²) in [5.74, 6) is 1.55. The van der Waals surface area contributed by atoms with Crippen LogP contribution in [-0.2, 0) is 4.79 Å². The van der Waals surface area contributed by atoms with Crippen LogP contribution in [0.4, 0.5) is 0 Å². The van der Waals surface area contributed by atoms with Gasteiger partial charge in [0.15, 0.2) is 0 Å². The van der Waals surface area contributed by atoms with Crippen molar-refractivity contribution in [2.45, 2.75) is 46.5 Å². The van der Waals surface area contributed by atoms with Gasteiger partial charge in [-0.3, -0.25) is 4.79 Å². The minimum atomic E-state index is -0.0257. The molecule has 0 N–H and O–H groups in total. The van der Waals surface area contributed by atoms with Gasteiger partial charge in [-0.05, 0) is 50.1 Å². The highest BCUT2D eigenvalue weighted by Crippen LogP contribution is 2.65. The molecule has 2 bridgehead atoms.